The van der Waals surface area contributed by atoms with E-state index in [4.69, 9.17) is 34.8 Å². The second kappa shape index (κ2) is 7.23. The van der Waals surface area contributed by atoms with Crippen LogP contribution in [-0.4, -0.2) is 14.9 Å². The molecular weight excluding hydrogens is 389 g/mol. The van der Waals surface area contributed by atoms with Gasteiger partial charge in [-0.05, 0) is 40.6 Å². The smallest absolute Gasteiger partial charge is 0.258 e. The SMILES string of the molecule is Cc1ccnc(SSc2ccc([N+](=O)[O-])cc2C(Cl)(Cl)Cl)n1. The molecule has 0 aliphatic carbocycles. The maximum atomic E-state index is 10.9. The van der Waals surface area contributed by atoms with Crippen LogP contribution in [0.3, 0.4) is 0 Å². The minimum atomic E-state index is -1.76. The van der Waals surface area contributed by atoms with Crippen molar-refractivity contribution in [1.82, 2.24) is 9.97 Å². The number of alkyl halides is 3. The van der Waals surface area contributed by atoms with Gasteiger partial charge in [-0.3, -0.25) is 10.1 Å². The summed E-state index contributed by atoms with van der Waals surface area (Å²) in [6, 6.07) is 5.95. The summed E-state index contributed by atoms with van der Waals surface area (Å²) in [5, 5.41) is 11.4. The normalized spacial score (nSPS) is 11.5. The summed E-state index contributed by atoms with van der Waals surface area (Å²) in [6.45, 7) is 1.86. The van der Waals surface area contributed by atoms with Gasteiger partial charge in [0.1, 0.15) is 0 Å². The molecule has 0 saturated heterocycles. The van der Waals surface area contributed by atoms with Gasteiger partial charge in [-0.15, -0.1) is 0 Å². The molecule has 1 heterocycles. The molecule has 0 unspecified atom stereocenters. The summed E-state index contributed by atoms with van der Waals surface area (Å²) in [7, 11) is 2.55. The monoisotopic (exact) mass is 395 g/mol. The van der Waals surface area contributed by atoms with Crippen molar-refractivity contribution in [2.45, 2.75) is 20.8 Å². The number of aromatic nitrogens is 2. The first kappa shape index (κ1) is 17.6. The van der Waals surface area contributed by atoms with Crippen molar-refractivity contribution in [2.75, 3.05) is 0 Å². The average molecular weight is 397 g/mol. The number of hydrogen-bond acceptors (Lipinski definition) is 6. The summed E-state index contributed by atoms with van der Waals surface area (Å²) in [5.41, 5.74) is 0.947. The third-order valence-corrected chi connectivity index (χ3v) is 5.27. The van der Waals surface area contributed by atoms with Gasteiger partial charge in [0.25, 0.3) is 5.69 Å². The highest BCUT2D eigenvalue weighted by molar-refractivity contribution is 8.76. The zero-order valence-electron chi connectivity index (χ0n) is 11.0. The molecular formula is C12H8Cl3N3O2S2. The molecule has 0 amide bonds. The largest absolute Gasteiger partial charge is 0.269 e. The fourth-order valence-corrected chi connectivity index (χ4v) is 4.16. The predicted octanol–water partition coefficient (Wildman–Crippen LogP) is 5.32. The first-order chi connectivity index (χ1) is 10.3. The lowest BCUT2D eigenvalue weighted by Gasteiger charge is -2.15. The number of benzene rings is 1. The predicted molar refractivity (Wildman–Crippen MR) is 90.8 cm³/mol. The van der Waals surface area contributed by atoms with E-state index in [1.165, 1.54) is 33.7 Å². The van der Waals surface area contributed by atoms with E-state index >= 15 is 0 Å². The van der Waals surface area contributed by atoms with Crippen LogP contribution in [0.2, 0.25) is 0 Å². The molecule has 5 nitrogen and oxygen atoms in total. The van der Waals surface area contributed by atoms with E-state index in [1.807, 2.05) is 6.92 Å². The van der Waals surface area contributed by atoms with Gasteiger partial charge in [-0.25, -0.2) is 9.97 Å². The van der Waals surface area contributed by atoms with Crippen LogP contribution in [-0.2, 0) is 3.79 Å². The topological polar surface area (TPSA) is 68.9 Å². The fraction of sp³-hybridized carbons (Fsp3) is 0.167. The Hall–Kier alpha value is -0.730. The van der Waals surface area contributed by atoms with Gasteiger partial charge in [0.05, 0.1) is 4.92 Å². The lowest BCUT2D eigenvalue weighted by Crippen LogP contribution is -2.03. The highest BCUT2D eigenvalue weighted by Gasteiger charge is 2.29. The van der Waals surface area contributed by atoms with Crippen LogP contribution in [0.5, 0.6) is 0 Å². The molecule has 22 heavy (non-hydrogen) atoms. The van der Waals surface area contributed by atoms with Gasteiger partial charge in [-0.2, -0.15) is 0 Å². The number of non-ortho nitro benzene ring substituents is 1. The summed E-state index contributed by atoms with van der Waals surface area (Å²) >= 11 is 17.7. The first-order valence-electron chi connectivity index (χ1n) is 5.77. The first-order valence-corrected chi connectivity index (χ1v) is 9.05. The van der Waals surface area contributed by atoms with Crippen molar-refractivity contribution in [2.24, 2.45) is 0 Å². The lowest BCUT2D eigenvalue weighted by atomic mass is 10.2. The molecule has 2 rings (SSSR count). The quantitative estimate of drug-likeness (QED) is 0.229. The van der Waals surface area contributed by atoms with Gasteiger partial charge >= 0.3 is 0 Å². The Labute approximate surface area is 149 Å². The van der Waals surface area contributed by atoms with Crippen molar-refractivity contribution < 1.29 is 4.92 Å². The number of rotatable bonds is 4. The molecule has 0 spiro atoms. The van der Waals surface area contributed by atoms with Gasteiger partial charge in [0, 0.05) is 34.5 Å². The number of hydrogen-bond donors (Lipinski definition) is 0. The van der Waals surface area contributed by atoms with Crippen molar-refractivity contribution in [3.05, 3.63) is 51.8 Å². The van der Waals surface area contributed by atoms with Crippen LogP contribution >= 0.6 is 56.4 Å². The van der Waals surface area contributed by atoms with E-state index in [1.54, 1.807) is 18.3 Å². The molecule has 0 saturated carbocycles. The Bertz CT molecular complexity index is 710. The van der Waals surface area contributed by atoms with Crippen LogP contribution < -0.4 is 0 Å². The molecule has 1 aromatic carbocycles. The minimum absolute atomic E-state index is 0.137. The van der Waals surface area contributed by atoms with E-state index in [0.29, 0.717) is 10.1 Å². The van der Waals surface area contributed by atoms with E-state index in [0.717, 1.165) is 5.69 Å². The molecule has 0 fully saturated rings. The van der Waals surface area contributed by atoms with Crippen molar-refractivity contribution in [3.8, 4) is 0 Å². The van der Waals surface area contributed by atoms with Gasteiger partial charge < -0.3 is 0 Å². The van der Waals surface area contributed by atoms with Crippen molar-refractivity contribution in [3.63, 3.8) is 0 Å². The number of nitro groups is 1. The minimum Gasteiger partial charge on any atom is -0.258 e. The summed E-state index contributed by atoms with van der Waals surface area (Å²) < 4.78 is -1.76. The van der Waals surface area contributed by atoms with Crippen LogP contribution in [0.15, 0.2) is 40.5 Å². The Kier molecular flexibility index (Phi) is 5.79. The third kappa shape index (κ3) is 4.63. The zero-order chi connectivity index (χ0) is 16.3. The maximum absolute atomic E-state index is 10.9. The van der Waals surface area contributed by atoms with E-state index in [2.05, 4.69) is 9.97 Å². The second-order valence-corrected chi connectivity index (χ2v) is 8.50. The zero-order valence-corrected chi connectivity index (χ0v) is 14.9. The molecule has 0 radical (unpaired) electrons. The molecule has 0 N–H and O–H groups in total. The van der Waals surface area contributed by atoms with Crippen molar-refractivity contribution in [1.29, 1.82) is 0 Å². The van der Waals surface area contributed by atoms with Gasteiger partial charge in [0.2, 0.25) is 3.79 Å². The Morgan fingerprint density at radius 2 is 1.95 bits per heavy atom. The lowest BCUT2D eigenvalue weighted by molar-refractivity contribution is -0.385. The molecule has 0 aliphatic rings. The summed E-state index contributed by atoms with van der Waals surface area (Å²) in [6.07, 6.45) is 1.65. The molecule has 0 bridgehead atoms. The molecule has 116 valence electrons. The van der Waals surface area contributed by atoms with E-state index in [-0.39, 0.29) is 11.3 Å². The highest BCUT2D eigenvalue weighted by atomic mass is 35.6. The number of nitro benzene ring substituents is 1. The standard InChI is InChI=1S/C12H8Cl3N3O2S2/c1-7-4-5-16-11(17-7)22-21-10-3-2-8(18(19)20)6-9(10)12(13,14)15/h2-6H,1H3. The number of nitrogens with zero attached hydrogens (tertiary/aromatic N) is 3. The Morgan fingerprint density at radius 3 is 2.55 bits per heavy atom. The van der Waals surface area contributed by atoms with E-state index < -0.39 is 8.72 Å². The Morgan fingerprint density at radius 1 is 1.23 bits per heavy atom. The molecule has 1 aromatic heterocycles. The molecule has 10 heteroatoms. The summed E-state index contributed by atoms with van der Waals surface area (Å²) in [5.74, 6) is 0. The summed E-state index contributed by atoms with van der Waals surface area (Å²) in [4.78, 5) is 19.3. The van der Waals surface area contributed by atoms with Crippen molar-refractivity contribution >= 4 is 62.1 Å². The van der Waals surface area contributed by atoms with Crippen LogP contribution in [0.25, 0.3) is 0 Å². The van der Waals surface area contributed by atoms with Gasteiger partial charge in [0.15, 0.2) is 5.16 Å². The second-order valence-electron chi connectivity index (χ2n) is 4.08. The fourth-order valence-electron chi connectivity index (χ4n) is 1.47. The van der Waals surface area contributed by atoms with E-state index in [9.17, 15) is 10.1 Å². The molecule has 0 aliphatic heterocycles. The highest BCUT2D eigenvalue weighted by Crippen LogP contribution is 2.47. The molecule has 0 atom stereocenters. The number of aryl methyl sites for hydroxylation is 1. The Balaban J connectivity index is 2.28. The number of halogens is 3. The van der Waals surface area contributed by atoms with Gasteiger partial charge in [-0.1, -0.05) is 34.8 Å². The average Bonchev–Trinajstić information content (AvgIpc) is 2.44. The van der Waals surface area contributed by atoms with Crippen LogP contribution in [0, 0.1) is 17.0 Å². The van der Waals surface area contributed by atoms with Crippen LogP contribution in [0.1, 0.15) is 11.3 Å². The van der Waals surface area contributed by atoms with Crippen LogP contribution in [0.4, 0.5) is 5.69 Å². The third-order valence-electron chi connectivity index (χ3n) is 2.46. The molecule has 2 aromatic rings. The maximum Gasteiger partial charge on any atom is 0.269 e.